The number of ether oxygens (including phenoxy) is 2. The molecule has 0 radical (unpaired) electrons. The zero-order valence-corrected chi connectivity index (χ0v) is 11.7. The maximum atomic E-state index is 11.7. The number of Topliss-reactive ketones (excluding diaryl/α,β-unsaturated/α-hetero) is 1. The Kier molecular flexibility index (Phi) is 4.56. The van der Waals surface area contributed by atoms with E-state index in [1.54, 1.807) is 18.2 Å². The van der Waals surface area contributed by atoms with Crippen molar-refractivity contribution in [2.45, 2.75) is 6.92 Å². The van der Waals surface area contributed by atoms with Gasteiger partial charge in [-0.25, -0.2) is 4.79 Å². The van der Waals surface area contributed by atoms with Gasteiger partial charge >= 0.3 is 5.97 Å². The molecule has 108 valence electrons. The molecule has 0 unspecified atom stereocenters. The van der Waals surface area contributed by atoms with Gasteiger partial charge in [-0.2, -0.15) is 0 Å². The summed E-state index contributed by atoms with van der Waals surface area (Å²) >= 11 is 0. The molecule has 0 fully saturated rings. The predicted molar refractivity (Wildman–Crippen MR) is 76.4 cm³/mol. The smallest absolute Gasteiger partial charge is 0.336 e. The summed E-state index contributed by atoms with van der Waals surface area (Å²) in [5.41, 5.74) is 0.484. The molecule has 0 amide bonds. The van der Waals surface area contributed by atoms with Crippen LogP contribution in [0.5, 0.6) is 11.5 Å². The topological polar surface area (TPSA) is 65.7 Å². The van der Waals surface area contributed by atoms with Gasteiger partial charge in [0.1, 0.15) is 5.76 Å². The third kappa shape index (κ3) is 3.82. The summed E-state index contributed by atoms with van der Waals surface area (Å²) in [5, 5.41) is 0. The Morgan fingerprint density at radius 3 is 2.62 bits per heavy atom. The first-order chi connectivity index (χ1) is 10.1. The Bertz CT molecular complexity index is 668. The van der Waals surface area contributed by atoms with Gasteiger partial charge in [-0.3, -0.25) is 4.79 Å². The molecule has 0 bridgehead atoms. The van der Waals surface area contributed by atoms with Crippen molar-refractivity contribution in [1.29, 1.82) is 0 Å². The van der Waals surface area contributed by atoms with Crippen LogP contribution in [-0.2, 0) is 4.79 Å². The fourth-order valence-electron chi connectivity index (χ4n) is 1.65. The van der Waals surface area contributed by atoms with Crippen molar-refractivity contribution in [2.24, 2.45) is 0 Å². The second-order valence-corrected chi connectivity index (χ2v) is 4.19. The molecule has 2 rings (SSSR count). The maximum absolute atomic E-state index is 11.7. The lowest BCUT2D eigenvalue weighted by molar-refractivity contribution is -0.129. The number of carbonyl (C=O) groups excluding carboxylic acids is 2. The highest BCUT2D eigenvalue weighted by atomic mass is 16.6. The zero-order chi connectivity index (χ0) is 15.2. The fraction of sp³-hybridized carbons (Fsp3) is 0.125. The lowest BCUT2D eigenvalue weighted by Crippen LogP contribution is -2.05. The number of esters is 1. The number of furan rings is 1. The van der Waals surface area contributed by atoms with Gasteiger partial charge in [0.05, 0.1) is 13.4 Å². The molecule has 1 heterocycles. The van der Waals surface area contributed by atoms with E-state index < -0.39 is 5.97 Å². The van der Waals surface area contributed by atoms with Crippen molar-refractivity contribution in [3.8, 4) is 11.5 Å². The molecule has 0 aliphatic carbocycles. The first-order valence-corrected chi connectivity index (χ1v) is 6.22. The molecule has 1 aromatic carbocycles. The van der Waals surface area contributed by atoms with E-state index in [2.05, 4.69) is 0 Å². The molecule has 21 heavy (non-hydrogen) atoms. The number of hydrogen-bond donors (Lipinski definition) is 0. The summed E-state index contributed by atoms with van der Waals surface area (Å²) in [4.78, 5) is 23.0. The number of methoxy groups -OCH3 is 1. The summed E-state index contributed by atoms with van der Waals surface area (Å²) in [6, 6.07) is 8.06. The van der Waals surface area contributed by atoms with Crippen molar-refractivity contribution >= 4 is 17.8 Å². The van der Waals surface area contributed by atoms with Gasteiger partial charge in [0.15, 0.2) is 17.3 Å². The summed E-state index contributed by atoms with van der Waals surface area (Å²) < 4.78 is 15.3. The van der Waals surface area contributed by atoms with Gasteiger partial charge in [0.25, 0.3) is 0 Å². The number of benzene rings is 1. The van der Waals surface area contributed by atoms with Crippen LogP contribution in [-0.4, -0.2) is 18.9 Å². The van der Waals surface area contributed by atoms with Crippen molar-refractivity contribution in [3.63, 3.8) is 0 Å². The van der Waals surface area contributed by atoms with Crippen LogP contribution in [0, 0.1) is 0 Å². The van der Waals surface area contributed by atoms with Gasteiger partial charge in [-0.05, 0) is 43.3 Å². The molecule has 0 saturated heterocycles. The van der Waals surface area contributed by atoms with E-state index in [1.807, 2.05) is 0 Å². The second-order valence-electron chi connectivity index (χ2n) is 4.19. The molecular formula is C16H14O5. The Labute approximate surface area is 121 Å². The molecule has 0 atom stereocenters. The van der Waals surface area contributed by atoms with Crippen LogP contribution in [0.1, 0.15) is 23.0 Å². The van der Waals surface area contributed by atoms with E-state index in [1.165, 1.54) is 44.6 Å². The van der Waals surface area contributed by atoms with Crippen LogP contribution in [0.4, 0.5) is 0 Å². The molecule has 5 heteroatoms. The Morgan fingerprint density at radius 1 is 1.19 bits per heavy atom. The Morgan fingerprint density at radius 2 is 2.00 bits per heavy atom. The van der Waals surface area contributed by atoms with Crippen molar-refractivity contribution in [3.05, 3.63) is 54.0 Å². The largest absolute Gasteiger partial charge is 0.493 e. The molecule has 0 spiro atoms. The first kappa shape index (κ1) is 14.6. The second kappa shape index (κ2) is 6.56. The summed E-state index contributed by atoms with van der Waals surface area (Å²) in [7, 11) is 1.44. The molecule has 0 saturated carbocycles. The molecule has 0 aliphatic rings. The third-order valence-corrected chi connectivity index (χ3v) is 2.71. The van der Waals surface area contributed by atoms with Crippen molar-refractivity contribution in [2.75, 3.05) is 7.11 Å². The van der Waals surface area contributed by atoms with Gasteiger partial charge in [-0.15, -0.1) is 0 Å². The van der Waals surface area contributed by atoms with Crippen LogP contribution >= 0.6 is 0 Å². The molecule has 1 aromatic heterocycles. The Balaban J connectivity index is 2.11. The van der Waals surface area contributed by atoms with Gasteiger partial charge in [-0.1, -0.05) is 0 Å². The van der Waals surface area contributed by atoms with Gasteiger partial charge in [0.2, 0.25) is 0 Å². The van der Waals surface area contributed by atoms with Crippen LogP contribution in [0.15, 0.2) is 47.1 Å². The number of carbonyl (C=O) groups is 2. The van der Waals surface area contributed by atoms with Crippen molar-refractivity contribution in [1.82, 2.24) is 0 Å². The summed E-state index contributed by atoms with van der Waals surface area (Å²) in [6.45, 7) is 1.45. The van der Waals surface area contributed by atoms with E-state index in [9.17, 15) is 9.59 Å². The van der Waals surface area contributed by atoms with E-state index in [-0.39, 0.29) is 11.5 Å². The number of hydrogen-bond acceptors (Lipinski definition) is 5. The lowest BCUT2D eigenvalue weighted by atomic mass is 10.1. The number of ketones is 1. The predicted octanol–water partition coefficient (Wildman–Crippen LogP) is 3.11. The molecule has 0 aliphatic heterocycles. The van der Waals surface area contributed by atoms with Gasteiger partial charge in [0, 0.05) is 11.6 Å². The van der Waals surface area contributed by atoms with E-state index in [4.69, 9.17) is 13.9 Å². The quantitative estimate of drug-likeness (QED) is 0.366. The standard InChI is InChI=1S/C16H14O5/c1-11(17)12-5-7-14(15(10-12)19-2)21-16(18)8-6-13-4-3-9-20-13/h3-10H,1-2H3/b8-6+. The highest BCUT2D eigenvalue weighted by Crippen LogP contribution is 2.28. The van der Waals surface area contributed by atoms with E-state index in [0.29, 0.717) is 17.1 Å². The average molecular weight is 286 g/mol. The SMILES string of the molecule is COc1cc(C(C)=O)ccc1OC(=O)/C=C/c1ccco1. The monoisotopic (exact) mass is 286 g/mol. The zero-order valence-electron chi connectivity index (χ0n) is 11.7. The minimum absolute atomic E-state index is 0.0936. The molecular weight excluding hydrogens is 272 g/mol. The highest BCUT2D eigenvalue weighted by molar-refractivity contribution is 5.95. The van der Waals surface area contributed by atoms with Crippen molar-refractivity contribution < 1.29 is 23.5 Å². The van der Waals surface area contributed by atoms with E-state index >= 15 is 0 Å². The summed E-state index contributed by atoms with van der Waals surface area (Å²) in [6.07, 6.45) is 4.25. The maximum Gasteiger partial charge on any atom is 0.336 e. The highest BCUT2D eigenvalue weighted by Gasteiger charge is 2.10. The van der Waals surface area contributed by atoms with Crippen LogP contribution in [0.3, 0.4) is 0 Å². The minimum Gasteiger partial charge on any atom is -0.493 e. The van der Waals surface area contributed by atoms with Crippen LogP contribution < -0.4 is 9.47 Å². The van der Waals surface area contributed by atoms with Gasteiger partial charge < -0.3 is 13.9 Å². The van der Waals surface area contributed by atoms with E-state index in [0.717, 1.165) is 0 Å². The molecule has 5 nitrogen and oxygen atoms in total. The average Bonchev–Trinajstić information content (AvgIpc) is 2.98. The first-order valence-electron chi connectivity index (χ1n) is 6.22. The Hall–Kier alpha value is -2.82. The lowest BCUT2D eigenvalue weighted by Gasteiger charge is -2.08. The summed E-state index contributed by atoms with van der Waals surface area (Å²) in [5.74, 6) is 0.453. The van der Waals surface area contributed by atoms with Crippen LogP contribution in [0.2, 0.25) is 0 Å². The third-order valence-electron chi connectivity index (χ3n) is 2.71. The molecule has 2 aromatic rings. The fourth-order valence-corrected chi connectivity index (χ4v) is 1.65. The van der Waals surface area contributed by atoms with Crippen LogP contribution in [0.25, 0.3) is 6.08 Å². The minimum atomic E-state index is -0.569. The number of rotatable bonds is 5. The normalized spacial score (nSPS) is 10.6. The molecule has 0 N–H and O–H groups in total.